The third-order valence-corrected chi connectivity index (χ3v) is 10.4. The Balaban J connectivity index is 0.000000357. The topological polar surface area (TPSA) is 95.2 Å². The second kappa shape index (κ2) is 24.4. The van der Waals surface area contributed by atoms with E-state index in [4.69, 9.17) is 0 Å². The molecule has 0 unspecified atom stereocenters. The van der Waals surface area contributed by atoms with Crippen LogP contribution in [0.15, 0.2) is 24.3 Å². The number of hydrogen-bond acceptors (Lipinski definition) is 4. The maximum atomic E-state index is 13.1. The summed E-state index contributed by atoms with van der Waals surface area (Å²) in [6.45, 7) is 23.6. The lowest BCUT2D eigenvalue weighted by Gasteiger charge is -2.19. The van der Waals surface area contributed by atoms with Crippen molar-refractivity contribution in [2.75, 3.05) is 39.3 Å². The average Bonchev–Trinajstić information content (AvgIpc) is 3.80. The molecule has 0 heterocycles. The average molecular weight is 695 g/mol. The SMILES string of the molecule is CCC[NH+](CCC)CCC.CCC[NH+](CCC)CCC.Cc1ccc(C(=O)CC2CCCC2)c2c(C(=O)[O-])ccc(C(=O)NC3CCCC3)c12. The molecule has 0 spiro atoms. The highest BCUT2D eigenvalue weighted by Crippen LogP contribution is 2.34. The molecule has 2 aromatic rings. The normalized spacial score (nSPS) is 14.8. The van der Waals surface area contributed by atoms with Crippen LogP contribution in [0.25, 0.3) is 10.8 Å². The molecule has 0 bridgehead atoms. The van der Waals surface area contributed by atoms with Gasteiger partial charge in [-0.05, 0) is 81.2 Å². The van der Waals surface area contributed by atoms with Crippen molar-refractivity contribution < 1.29 is 29.3 Å². The third kappa shape index (κ3) is 14.1. The minimum atomic E-state index is -1.33. The van der Waals surface area contributed by atoms with Crippen LogP contribution in [0.4, 0.5) is 0 Å². The largest absolute Gasteiger partial charge is 0.545 e. The lowest BCUT2D eigenvalue weighted by molar-refractivity contribution is -0.900. The molecular weight excluding hydrogens is 622 g/mol. The van der Waals surface area contributed by atoms with E-state index in [1.54, 1.807) is 21.9 Å². The van der Waals surface area contributed by atoms with E-state index in [1.165, 1.54) is 83.9 Å². The van der Waals surface area contributed by atoms with Gasteiger partial charge in [0.25, 0.3) is 5.91 Å². The van der Waals surface area contributed by atoms with E-state index in [-0.39, 0.29) is 23.3 Å². The Bertz CT molecular complexity index is 1250. The van der Waals surface area contributed by atoms with Gasteiger partial charge in [0, 0.05) is 34.5 Å². The Kier molecular flexibility index (Phi) is 21.2. The summed E-state index contributed by atoms with van der Waals surface area (Å²) in [7, 11) is 0. The Morgan fingerprint density at radius 1 is 0.620 bits per heavy atom. The van der Waals surface area contributed by atoms with Crippen LogP contribution in [0.3, 0.4) is 0 Å². The molecule has 282 valence electrons. The lowest BCUT2D eigenvalue weighted by Crippen LogP contribution is -3.11. The Morgan fingerprint density at radius 2 is 1.04 bits per heavy atom. The van der Waals surface area contributed by atoms with Crippen LogP contribution in [0.1, 0.15) is 174 Å². The smallest absolute Gasteiger partial charge is 0.252 e. The molecule has 50 heavy (non-hydrogen) atoms. The van der Waals surface area contributed by atoms with Gasteiger partial charge < -0.3 is 25.0 Å². The van der Waals surface area contributed by atoms with Gasteiger partial charge >= 0.3 is 0 Å². The molecule has 7 heteroatoms. The number of carboxylic acid groups (broad SMARTS) is 1. The van der Waals surface area contributed by atoms with Crippen molar-refractivity contribution in [2.24, 2.45) is 5.92 Å². The predicted octanol–water partition coefficient (Wildman–Crippen LogP) is 6.15. The second-order valence-corrected chi connectivity index (χ2v) is 14.9. The molecule has 2 fully saturated rings. The first-order chi connectivity index (χ1) is 24.1. The number of aryl methyl sites for hydroxylation is 1. The summed E-state index contributed by atoms with van der Waals surface area (Å²) in [4.78, 5) is 41.6. The Labute approximate surface area is 305 Å². The lowest BCUT2D eigenvalue weighted by atomic mass is 9.88. The van der Waals surface area contributed by atoms with Crippen LogP contribution in [0.2, 0.25) is 0 Å². The van der Waals surface area contributed by atoms with E-state index in [1.807, 2.05) is 13.0 Å². The van der Waals surface area contributed by atoms with Gasteiger partial charge in [-0.2, -0.15) is 0 Å². The zero-order valence-corrected chi connectivity index (χ0v) is 32.9. The standard InChI is InChI=1S/C25H29NO4.2C9H21N/c1-15-10-11-18(21(27)14-16-6-2-3-7-16)23-20(25(29)30)13-12-19(22(15)23)24(28)26-17-8-4-5-9-17;2*1-4-7-10(8-5-2)9-6-3/h10-13,16-17H,2-9,14H2,1H3,(H,26,28)(H,29,30);2*4-9H2,1-3H3/p+1. The highest BCUT2D eigenvalue weighted by atomic mass is 16.4. The van der Waals surface area contributed by atoms with Gasteiger partial charge in [-0.3, -0.25) is 9.59 Å². The Morgan fingerprint density at radius 3 is 1.48 bits per heavy atom. The number of amides is 1. The molecule has 2 aromatic carbocycles. The number of quaternary nitrogens is 2. The first kappa shape index (κ1) is 43.4. The molecule has 3 N–H and O–H groups in total. The molecule has 0 saturated heterocycles. The molecule has 2 aliphatic carbocycles. The predicted molar refractivity (Wildman–Crippen MR) is 207 cm³/mol. The maximum Gasteiger partial charge on any atom is 0.252 e. The van der Waals surface area contributed by atoms with Crippen molar-refractivity contribution in [3.63, 3.8) is 0 Å². The molecule has 4 rings (SSSR count). The van der Waals surface area contributed by atoms with E-state index >= 15 is 0 Å². The summed E-state index contributed by atoms with van der Waals surface area (Å²) in [5.74, 6) is -1.24. The van der Waals surface area contributed by atoms with Gasteiger partial charge in [0.15, 0.2) is 5.78 Å². The summed E-state index contributed by atoms with van der Waals surface area (Å²) in [6.07, 6.45) is 16.9. The molecular formula is C43H72N3O4+. The van der Waals surface area contributed by atoms with Crippen molar-refractivity contribution in [3.05, 3.63) is 46.5 Å². The van der Waals surface area contributed by atoms with Gasteiger partial charge in [0.05, 0.1) is 45.2 Å². The van der Waals surface area contributed by atoms with Gasteiger partial charge in [-0.25, -0.2) is 0 Å². The van der Waals surface area contributed by atoms with E-state index < -0.39 is 5.97 Å². The minimum Gasteiger partial charge on any atom is -0.545 e. The van der Waals surface area contributed by atoms with E-state index in [0.29, 0.717) is 34.2 Å². The number of fused-ring (bicyclic) bond motifs is 1. The highest BCUT2D eigenvalue weighted by molar-refractivity contribution is 6.20. The first-order valence-corrected chi connectivity index (χ1v) is 20.4. The molecule has 7 nitrogen and oxygen atoms in total. The number of carbonyl (C=O) groups is 3. The molecule has 1 amide bonds. The number of hydrogen-bond donors (Lipinski definition) is 3. The van der Waals surface area contributed by atoms with E-state index in [0.717, 1.165) is 56.9 Å². The Hall–Kier alpha value is -2.77. The summed E-state index contributed by atoms with van der Waals surface area (Å²) in [5.41, 5.74) is 1.56. The van der Waals surface area contributed by atoms with Crippen LogP contribution in [0.5, 0.6) is 0 Å². The molecule has 0 radical (unpaired) electrons. The third-order valence-electron chi connectivity index (χ3n) is 10.4. The summed E-state index contributed by atoms with van der Waals surface area (Å²) < 4.78 is 0. The zero-order chi connectivity index (χ0) is 36.9. The van der Waals surface area contributed by atoms with Gasteiger partial charge in [-0.1, -0.05) is 98.3 Å². The molecule has 2 aliphatic rings. The number of carbonyl (C=O) groups excluding carboxylic acids is 3. The molecule has 0 atom stereocenters. The van der Waals surface area contributed by atoms with Crippen molar-refractivity contribution in [1.29, 1.82) is 0 Å². The monoisotopic (exact) mass is 695 g/mol. The van der Waals surface area contributed by atoms with Gasteiger partial charge in [0.2, 0.25) is 0 Å². The van der Waals surface area contributed by atoms with Gasteiger partial charge in [-0.15, -0.1) is 0 Å². The second-order valence-electron chi connectivity index (χ2n) is 14.9. The number of carboxylic acids is 1. The number of rotatable bonds is 18. The molecule has 0 aromatic heterocycles. The van der Waals surface area contributed by atoms with Crippen molar-refractivity contribution in [1.82, 2.24) is 5.32 Å². The molecule has 2 saturated carbocycles. The van der Waals surface area contributed by atoms with E-state index in [9.17, 15) is 19.5 Å². The van der Waals surface area contributed by atoms with Crippen LogP contribution < -0.4 is 20.2 Å². The van der Waals surface area contributed by atoms with Crippen LogP contribution >= 0.6 is 0 Å². The number of nitrogens with one attached hydrogen (secondary N) is 3. The fourth-order valence-electron chi connectivity index (χ4n) is 8.05. The van der Waals surface area contributed by atoms with Crippen molar-refractivity contribution in [2.45, 2.75) is 151 Å². The van der Waals surface area contributed by atoms with Crippen molar-refractivity contribution >= 4 is 28.4 Å². The van der Waals surface area contributed by atoms with Crippen LogP contribution in [-0.4, -0.2) is 63.0 Å². The van der Waals surface area contributed by atoms with Gasteiger partial charge in [0.1, 0.15) is 0 Å². The molecule has 0 aliphatic heterocycles. The fraction of sp³-hybridized carbons (Fsp3) is 0.698. The zero-order valence-electron chi connectivity index (χ0n) is 32.9. The minimum absolute atomic E-state index is 0.0270. The highest BCUT2D eigenvalue weighted by Gasteiger charge is 2.25. The number of aromatic carboxylic acids is 1. The summed E-state index contributed by atoms with van der Waals surface area (Å²) >= 11 is 0. The number of ketones is 1. The quantitative estimate of drug-likeness (QED) is 0.163. The van der Waals surface area contributed by atoms with E-state index in [2.05, 4.69) is 46.9 Å². The van der Waals surface area contributed by atoms with Crippen LogP contribution in [0, 0.1) is 12.8 Å². The summed E-state index contributed by atoms with van der Waals surface area (Å²) in [5, 5.41) is 15.9. The summed E-state index contributed by atoms with van der Waals surface area (Å²) in [6, 6.07) is 6.64. The fourth-order valence-corrected chi connectivity index (χ4v) is 8.05. The van der Waals surface area contributed by atoms with Crippen LogP contribution in [-0.2, 0) is 0 Å². The van der Waals surface area contributed by atoms with Crippen molar-refractivity contribution in [3.8, 4) is 0 Å². The first-order valence-electron chi connectivity index (χ1n) is 20.4. The number of benzene rings is 2. The number of Topliss-reactive ketones (excluding diaryl/α,β-unsaturated/α-hetero) is 1. The maximum absolute atomic E-state index is 13.1.